The van der Waals surface area contributed by atoms with E-state index in [9.17, 15) is 4.79 Å². The van der Waals surface area contributed by atoms with Gasteiger partial charge in [-0.15, -0.1) is 0 Å². The lowest BCUT2D eigenvalue weighted by Gasteiger charge is -2.19. The third kappa shape index (κ3) is 2.43. The molecule has 110 valence electrons. The predicted molar refractivity (Wildman–Crippen MR) is 71.7 cm³/mol. The molecule has 1 aromatic rings. The third-order valence-corrected chi connectivity index (χ3v) is 4.36. The Morgan fingerprint density at radius 3 is 2.85 bits per heavy atom. The molecule has 20 heavy (non-hydrogen) atoms. The lowest BCUT2D eigenvalue weighted by Crippen LogP contribution is -2.44. The van der Waals surface area contributed by atoms with E-state index in [2.05, 4.69) is 15.2 Å². The lowest BCUT2D eigenvalue weighted by molar-refractivity contribution is -0.132. The Morgan fingerprint density at radius 2 is 2.30 bits per heavy atom. The second-order valence-corrected chi connectivity index (χ2v) is 5.92. The van der Waals surface area contributed by atoms with Crippen molar-refractivity contribution in [2.45, 2.75) is 31.7 Å². The van der Waals surface area contributed by atoms with Crippen LogP contribution in [0.1, 0.15) is 30.4 Å². The average molecular weight is 279 g/mol. The van der Waals surface area contributed by atoms with E-state index in [-0.39, 0.29) is 18.4 Å². The van der Waals surface area contributed by atoms with Gasteiger partial charge in [-0.05, 0) is 31.6 Å². The number of aliphatic hydroxyl groups is 1. The molecule has 1 unspecified atom stereocenters. The minimum absolute atomic E-state index is 0.173. The van der Waals surface area contributed by atoms with Crippen molar-refractivity contribution < 1.29 is 9.90 Å². The molecule has 1 saturated carbocycles. The van der Waals surface area contributed by atoms with Crippen molar-refractivity contribution in [3.05, 3.63) is 11.6 Å². The number of aromatic amines is 1. The summed E-state index contributed by atoms with van der Waals surface area (Å²) in [6, 6.07) is -0.817. The molecule has 2 aliphatic rings. The predicted octanol–water partition coefficient (Wildman–Crippen LogP) is -0.615. The van der Waals surface area contributed by atoms with Crippen LogP contribution in [-0.2, 0) is 4.79 Å². The van der Waals surface area contributed by atoms with Gasteiger partial charge < -0.3 is 15.7 Å². The van der Waals surface area contributed by atoms with E-state index in [1.807, 2.05) is 6.92 Å². The summed E-state index contributed by atoms with van der Waals surface area (Å²) < 4.78 is 0. The molecule has 4 N–H and O–H groups in total. The van der Waals surface area contributed by atoms with Crippen LogP contribution in [0.5, 0.6) is 0 Å². The van der Waals surface area contributed by atoms with Gasteiger partial charge in [-0.25, -0.2) is 4.98 Å². The van der Waals surface area contributed by atoms with Crippen LogP contribution in [0.4, 0.5) is 0 Å². The zero-order chi connectivity index (χ0) is 14.3. The fraction of sp³-hybridized carbons (Fsp3) is 0.769. The van der Waals surface area contributed by atoms with Crippen LogP contribution in [0.25, 0.3) is 0 Å². The molecule has 0 bridgehead atoms. The maximum Gasteiger partial charge on any atom is 0.241 e. The summed E-state index contributed by atoms with van der Waals surface area (Å²) in [6.07, 6.45) is 2.44. The SMILES string of the molecule is Cc1nc([C@@H]2CN(C(=O)C(N)CO)C[C@H]2C2CC2)n[nH]1. The standard InChI is InChI=1S/C13H21N5O2/c1-7-15-12(17-16-7)10-5-18(13(20)11(14)6-19)4-9(10)8-2-3-8/h8-11,19H,2-6,14H2,1H3,(H,15,16,17)/t9-,10+,11?/m0/s1. The van der Waals surface area contributed by atoms with Gasteiger partial charge in [0.2, 0.25) is 5.91 Å². The van der Waals surface area contributed by atoms with Gasteiger partial charge in [0, 0.05) is 19.0 Å². The average Bonchev–Trinajstić information content (AvgIpc) is 3.05. The van der Waals surface area contributed by atoms with Gasteiger partial charge in [-0.1, -0.05) is 0 Å². The number of nitrogens with one attached hydrogen (secondary N) is 1. The number of carbonyl (C=O) groups is 1. The highest BCUT2D eigenvalue weighted by Gasteiger charge is 2.46. The highest BCUT2D eigenvalue weighted by Crippen LogP contribution is 2.46. The van der Waals surface area contributed by atoms with E-state index < -0.39 is 6.04 Å². The van der Waals surface area contributed by atoms with E-state index >= 15 is 0 Å². The van der Waals surface area contributed by atoms with Gasteiger partial charge >= 0.3 is 0 Å². The fourth-order valence-corrected chi connectivity index (χ4v) is 3.12. The molecule has 2 heterocycles. The Kier molecular flexibility index (Phi) is 3.47. The van der Waals surface area contributed by atoms with Crippen LogP contribution in [0.2, 0.25) is 0 Å². The van der Waals surface area contributed by atoms with Gasteiger partial charge in [-0.2, -0.15) is 5.10 Å². The summed E-state index contributed by atoms with van der Waals surface area (Å²) in [7, 11) is 0. The second kappa shape index (κ2) is 5.14. The van der Waals surface area contributed by atoms with Gasteiger partial charge in [-0.3, -0.25) is 9.89 Å². The van der Waals surface area contributed by atoms with E-state index in [1.54, 1.807) is 4.90 Å². The van der Waals surface area contributed by atoms with E-state index in [0.717, 1.165) is 11.6 Å². The molecule has 2 fully saturated rings. The summed E-state index contributed by atoms with van der Waals surface area (Å²) in [5.74, 6) is 2.69. The van der Waals surface area contributed by atoms with Crippen LogP contribution < -0.4 is 5.73 Å². The van der Waals surface area contributed by atoms with Gasteiger partial charge in [0.1, 0.15) is 11.9 Å². The smallest absolute Gasteiger partial charge is 0.241 e. The highest BCUT2D eigenvalue weighted by atomic mass is 16.3. The number of rotatable bonds is 4. The van der Waals surface area contributed by atoms with Crippen molar-refractivity contribution >= 4 is 5.91 Å². The summed E-state index contributed by atoms with van der Waals surface area (Å²) in [5, 5.41) is 16.2. The first-order chi connectivity index (χ1) is 9.60. The number of amides is 1. The van der Waals surface area contributed by atoms with Crippen molar-refractivity contribution in [1.82, 2.24) is 20.1 Å². The van der Waals surface area contributed by atoms with E-state index in [1.165, 1.54) is 12.8 Å². The number of nitrogens with two attached hydrogens (primary N) is 1. The largest absolute Gasteiger partial charge is 0.394 e. The van der Waals surface area contributed by atoms with Crippen molar-refractivity contribution in [3.63, 3.8) is 0 Å². The topological polar surface area (TPSA) is 108 Å². The number of aryl methyl sites for hydroxylation is 1. The number of nitrogens with zero attached hydrogens (tertiary/aromatic N) is 3. The van der Waals surface area contributed by atoms with Crippen LogP contribution in [0.15, 0.2) is 0 Å². The monoisotopic (exact) mass is 279 g/mol. The Morgan fingerprint density at radius 1 is 1.55 bits per heavy atom. The lowest BCUT2D eigenvalue weighted by atomic mass is 9.91. The second-order valence-electron chi connectivity index (χ2n) is 5.92. The molecular weight excluding hydrogens is 258 g/mol. The number of H-pyrrole nitrogens is 1. The molecule has 0 aromatic carbocycles. The highest BCUT2D eigenvalue weighted by molar-refractivity contribution is 5.82. The number of hydrogen-bond donors (Lipinski definition) is 3. The number of aliphatic hydroxyl groups excluding tert-OH is 1. The molecule has 1 aliphatic carbocycles. The Bertz CT molecular complexity index is 499. The van der Waals surface area contributed by atoms with E-state index in [0.29, 0.717) is 24.9 Å². The first kappa shape index (κ1) is 13.5. The summed E-state index contributed by atoms with van der Waals surface area (Å²) in [6.45, 7) is 2.87. The quantitative estimate of drug-likeness (QED) is 0.681. The number of likely N-dealkylation sites (tertiary alicyclic amines) is 1. The molecule has 3 rings (SSSR count). The summed E-state index contributed by atoms with van der Waals surface area (Å²) in [4.78, 5) is 18.3. The molecule has 1 aromatic heterocycles. The van der Waals surface area contributed by atoms with Gasteiger partial charge in [0.25, 0.3) is 0 Å². The summed E-state index contributed by atoms with van der Waals surface area (Å²) >= 11 is 0. The normalized spacial score (nSPS) is 27.9. The maximum absolute atomic E-state index is 12.1. The molecule has 1 aliphatic heterocycles. The van der Waals surface area contributed by atoms with Crippen molar-refractivity contribution in [3.8, 4) is 0 Å². The van der Waals surface area contributed by atoms with Gasteiger partial charge in [0.05, 0.1) is 6.61 Å². The zero-order valence-electron chi connectivity index (χ0n) is 11.6. The maximum atomic E-state index is 12.1. The van der Waals surface area contributed by atoms with Crippen molar-refractivity contribution in [2.24, 2.45) is 17.6 Å². The minimum Gasteiger partial charge on any atom is -0.394 e. The molecule has 0 radical (unpaired) electrons. The first-order valence-corrected chi connectivity index (χ1v) is 7.14. The molecule has 1 amide bonds. The molecule has 0 spiro atoms. The van der Waals surface area contributed by atoms with E-state index in [4.69, 9.17) is 10.8 Å². The van der Waals surface area contributed by atoms with Crippen molar-refractivity contribution in [1.29, 1.82) is 0 Å². The van der Waals surface area contributed by atoms with Crippen LogP contribution >= 0.6 is 0 Å². The minimum atomic E-state index is -0.817. The van der Waals surface area contributed by atoms with Crippen molar-refractivity contribution in [2.75, 3.05) is 19.7 Å². The Labute approximate surface area is 117 Å². The molecule has 3 atom stereocenters. The fourth-order valence-electron chi connectivity index (χ4n) is 3.12. The molecule has 1 saturated heterocycles. The number of carbonyl (C=O) groups excluding carboxylic acids is 1. The third-order valence-electron chi connectivity index (χ3n) is 4.36. The zero-order valence-corrected chi connectivity index (χ0v) is 11.6. The summed E-state index contributed by atoms with van der Waals surface area (Å²) in [5.41, 5.74) is 5.64. The van der Waals surface area contributed by atoms with Crippen LogP contribution in [-0.4, -0.2) is 56.8 Å². The molecule has 7 heteroatoms. The van der Waals surface area contributed by atoms with Crippen LogP contribution in [0, 0.1) is 18.8 Å². The Balaban J connectivity index is 1.77. The van der Waals surface area contributed by atoms with Gasteiger partial charge in [0.15, 0.2) is 5.82 Å². The Hall–Kier alpha value is -1.47. The number of hydrogen-bond acceptors (Lipinski definition) is 5. The number of aromatic nitrogens is 3. The first-order valence-electron chi connectivity index (χ1n) is 7.14. The molecular formula is C13H21N5O2. The van der Waals surface area contributed by atoms with Crippen LogP contribution in [0.3, 0.4) is 0 Å². The molecule has 7 nitrogen and oxygen atoms in total.